The largest absolute Gasteiger partial charge is 0.368 e. The lowest BCUT2D eigenvalue weighted by molar-refractivity contribution is -0.118. The number of fused-ring (bicyclic) bond motifs is 1. The van der Waals surface area contributed by atoms with Gasteiger partial charge in [0.2, 0.25) is 5.91 Å². The second-order valence-corrected chi connectivity index (χ2v) is 5.62. The number of carbonyl (C=O) groups is 2. The number of nitrogens with zero attached hydrogens (tertiary/aromatic N) is 2. The maximum atomic E-state index is 12.3. The standard InChI is InChI=1S/C18H18N4O2/c1-12-5-4-6-13(9-12)18(24)20-10-17-21-14-7-2-3-8-15(14)22(17)11-16(19)23/h2-9H,10-11H2,1H3,(H2,19,23)(H,20,24). The number of para-hydroxylation sites is 2. The van der Waals surface area contributed by atoms with Gasteiger partial charge in [-0.2, -0.15) is 0 Å². The van der Waals surface area contributed by atoms with Crippen LogP contribution in [0.4, 0.5) is 0 Å². The first-order valence-electron chi connectivity index (χ1n) is 7.62. The molecule has 3 aromatic rings. The quantitative estimate of drug-likeness (QED) is 0.750. The Morgan fingerprint density at radius 1 is 1.17 bits per heavy atom. The Hall–Kier alpha value is -3.15. The Morgan fingerprint density at radius 3 is 2.71 bits per heavy atom. The highest BCUT2D eigenvalue weighted by molar-refractivity contribution is 5.94. The van der Waals surface area contributed by atoms with Gasteiger partial charge in [-0.15, -0.1) is 0 Å². The number of nitrogens with two attached hydrogens (primary N) is 1. The van der Waals surface area contributed by atoms with Crippen LogP contribution in [0, 0.1) is 6.92 Å². The average molecular weight is 322 g/mol. The number of aryl methyl sites for hydroxylation is 1. The van der Waals surface area contributed by atoms with Crippen LogP contribution in [0.1, 0.15) is 21.7 Å². The number of imidazole rings is 1. The molecule has 0 saturated heterocycles. The number of rotatable bonds is 5. The molecular weight excluding hydrogens is 304 g/mol. The highest BCUT2D eigenvalue weighted by atomic mass is 16.2. The number of carbonyl (C=O) groups excluding carboxylic acids is 2. The lowest BCUT2D eigenvalue weighted by Crippen LogP contribution is -2.26. The summed E-state index contributed by atoms with van der Waals surface area (Å²) < 4.78 is 1.73. The minimum Gasteiger partial charge on any atom is -0.368 e. The molecule has 0 atom stereocenters. The molecule has 0 aliphatic heterocycles. The van der Waals surface area contributed by atoms with Crippen molar-refractivity contribution in [2.75, 3.05) is 0 Å². The topological polar surface area (TPSA) is 90.0 Å². The summed E-state index contributed by atoms with van der Waals surface area (Å²) in [4.78, 5) is 28.1. The molecule has 6 nitrogen and oxygen atoms in total. The van der Waals surface area contributed by atoms with Crippen molar-refractivity contribution in [2.24, 2.45) is 5.73 Å². The molecule has 2 aromatic carbocycles. The predicted octanol–water partition coefficient (Wildman–Crippen LogP) is 1.76. The van der Waals surface area contributed by atoms with Crippen molar-refractivity contribution in [3.8, 4) is 0 Å². The number of primary amides is 1. The second kappa shape index (κ2) is 6.54. The van der Waals surface area contributed by atoms with Gasteiger partial charge >= 0.3 is 0 Å². The third-order valence-corrected chi connectivity index (χ3v) is 3.73. The van der Waals surface area contributed by atoms with Crippen LogP contribution < -0.4 is 11.1 Å². The lowest BCUT2D eigenvalue weighted by Gasteiger charge is -2.09. The van der Waals surface area contributed by atoms with Gasteiger partial charge in [-0.3, -0.25) is 9.59 Å². The van der Waals surface area contributed by atoms with Crippen LogP contribution in [-0.2, 0) is 17.9 Å². The van der Waals surface area contributed by atoms with E-state index < -0.39 is 5.91 Å². The van der Waals surface area contributed by atoms with E-state index in [0.717, 1.165) is 16.6 Å². The summed E-state index contributed by atoms with van der Waals surface area (Å²) >= 11 is 0. The molecule has 0 aliphatic carbocycles. The molecule has 0 unspecified atom stereocenters. The monoisotopic (exact) mass is 322 g/mol. The Kier molecular flexibility index (Phi) is 4.29. The van der Waals surface area contributed by atoms with E-state index in [4.69, 9.17) is 5.73 Å². The Labute approximate surface area is 139 Å². The molecule has 0 spiro atoms. The summed E-state index contributed by atoms with van der Waals surface area (Å²) in [6.45, 7) is 2.17. The summed E-state index contributed by atoms with van der Waals surface area (Å²) in [6, 6.07) is 14.8. The van der Waals surface area contributed by atoms with Crippen molar-refractivity contribution >= 4 is 22.8 Å². The first kappa shape index (κ1) is 15.7. The summed E-state index contributed by atoms with van der Waals surface area (Å²) in [5.74, 6) is -0.0446. The fourth-order valence-electron chi connectivity index (χ4n) is 2.64. The lowest BCUT2D eigenvalue weighted by atomic mass is 10.1. The van der Waals surface area contributed by atoms with Crippen LogP contribution in [0.2, 0.25) is 0 Å². The van der Waals surface area contributed by atoms with Gasteiger partial charge in [0.15, 0.2) is 0 Å². The van der Waals surface area contributed by atoms with Gasteiger partial charge < -0.3 is 15.6 Å². The van der Waals surface area contributed by atoms with E-state index in [-0.39, 0.29) is 19.0 Å². The molecule has 2 amide bonds. The zero-order valence-corrected chi connectivity index (χ0v) is 13.3. The van der Waals surface area contributed by atoms with Gasteiger partial charge in [-0.05, 0) is 31.2 Å². The molecule has 0 radical (unpaired) electrons. The zero-order valence-electron chi connectivity index (χ0n) is 13.3. The van der Waals surface area contributed by atoms with E-state index in [1.54, 1.807) is 10.6 Å². The van der Waals surface area contributed by atoms with Crippen molar-refractivity contribution in [1.29, 1.82) is 0 Å². The fraction of sp³-hybridized carbons (Fsp3) is 0.167. The summed E-state index contributed by atoms with van der Waals surface area (Å²) in [5.41, 5.74) is 8.52. The Morgan fingerprint density at radius 2 is 1.96 bits per heavy atom. The molecule has 0 aliphatic rings. The maximum Gasteiger partial charge on any atom is 0.251 e. The van der Waals surface area contributed by atoms with Gasteiger partial charge in [0.1, 0.15) is 12.4 Å². The molecule has 122 valence electrons. The third kappa shape index (κ3) is 3.27. The van der Waals surface area contributed by atoms with E-state index in [1.165, 1.54) is 0 Å². The van der Waals surface area contributed by atoms with Crippen LogP contribution in [0.25, 0.3) is 11.0 Å². The van der Waals surface area contributed by atoms with E-state index in [0.29, 0.717) is 11.4 Å². The van der Waals surface area contributed by atoms with E-state index in [9.17, 15) is 9.59 Å². The highest BCUT2D eigenvalue weighted by Gasteiger charge is 2.13. The van der Waals surface area contributed by atoms with Crippen LogP contribution in [0.5, 0.6) is 0 Å². The van der Waals surface area contributed by atoms with Gasteiger partial charge in [-0.1, -0.05) is 29.8 Å². The minimum absolute atomic E-state index is 0.0240. The SMILES string of the molecule is Cc1cccc(C(=O)NCc2nc3ccccc3n2CC(N)=O)c1. The first-order valence-corrected chi connectivity index (χ1v) is 7.62. The van der Waals surface area contributed by atoms with Crippen molar-refractivity contribution < 1.29 is 9.59 Å². The molecule has 0 saturated carbocycles. The third-order valence-electron chi connectivity index (χ3n) is 3.73. The first-order chi connectivity index (χ1) is 11.5. The molecule has 6 heteroatoms. The number of hydrogen-bond donors (Lipinski definition) is 2. The van der Waals surface area contributed by atoms with Crippen LogP contribution in [0.15, 0.2) is 48.5 Å². The van der Waals surface area contributed by atoms with Gasteiger partial charge in [0.05, 0.1) is 17.6 Å². The number of aromatic nitrogens is 2. The Balaban J connectivity index is 1.84. The second-order valence-electron chi connectivity index (χ2n) is 5.62. The van der Waals surface area contributed by atoms with Crippen LogP contribution >= 0.6 is 0 Å². The van der Waals surface area contributed by atoms with E-state index >= 15 is 0 Å². The molecule has 0 bridgehead atoms. The molecule has 24 heavy (non-hydrogen) atoms. The molecular formula is C18H18N4O2. The number of amides is 2. The molecule has 0 fully saturated rings. The van der Waals surface area contributed by atoms with Crippen molar-refractivity contribution in [1.82, 2.24) is 14.9 Å². The zero-order chi connectivity index (χ0) is 17.1. The van der Waals surface area contributed by atoms with Crippen molar-refractivity contribution in [3.63, 3.8) is 0 Å². The van der Waals surface area contributed by atoms with E-state index in [1.807, 2.05) is 49.4 Å². The van der Waals surface area contributed by atoms with Gasteiger partial charge in [-0.25, -0.2) is 4.98 Å². The molecule has 1 heterocycles. The van der Waals surface area contributed by atoms with Crippen molar-refractivity contribution in [3.05, 3.63) is 65.5 Å². The van der Waals surface area contributed by atoms with E-state index in [2.05, 4.69) is 10.3 Å². The highest BCUT2D eigenvalue weighted by Crippen LogP contribution is 2.16. The molecule has 3 rings (SSSR count). The van der Waals surface area contributed by atoms with Crippen LogP contribution in [0.3, 0.4) is 0 Å². The fourth-order valence-corrected chi connectivity index (χ4v) is 2.64. The smallest absolute Gasteiger partial charge is 0.251 e. The predicted molar refractivity (Wildman–Crippen MR) is 91.3 cm³/mol. The number of nitrogens with one attached hydrogen (secondary N) is 1. The van der Waals surface area contributed by atoms with Crippen molar-refractivity contribution in [2.45, 2.75) is 20.0 Å². The maximum absolute atomic E-state index is 12.3. The average Bonchev–Trinajstić information content (AvgIpc) is 2.90. The van der Waals surface area contributed by atoms with Crippen LogP contribution in [-0.4, -0.2) is 21.4 Å². The number of hydrogen-bond acceptors (Lipinski definition) is 3. The normalized spacial score (nSPS) is 10.7. The molecule has 1 aromatic heterocycles. The minimum atomic E-state index is -0.454. The molecule has 3 N–H and O–H groups in total. The summed E-state index contributed by atoms with van der Waals surface area (Å²) in [5, 5.41) is 2.84. The van der Waals surface area contributed by atoms with Gasteiger partial charge in [0, 0.05) is 5.56 Å². The summed E-state index contributed by atoms with van der Waals surface area (Å²) in [6.07, 6.45) is 0. The Bertz CT molecular complexity index is 914. The summed E-state index contributed by atoms with van der Waals surface area (Å²) in [7, 11) is 0. The number of benzene rings is 2. The van der Waals surface area contributed by atoms with Gasteiger partial charge in [0.25, 0.3) is 5.91 Å².